The van der Waals surface area contributed by atoms with E-state index in [1.165, 1.54) is 0 Å². The fourth-order valence-electron chi connectivity index (χ4n) is 2.80. The van der Waals surface area contributed by atoms with Crippen LogP contribution in [0, 0.1) is 5.92 Å². The molecule has 3 unspecified atom stereocenters. The van der Waals surface area contributed by atoms with Crippen LogP contribution in [0.25, 0.3) is 0 Å². The topological polar surface area (TPSA) is 32.3 Å². The molecule has 0 bridgehead atoms. The largest absolute Gasteiger partial charge is 0.331 e. The minimum atomic E-state index is 0.167. The van der Waals surface area contributed by atoms with Crippen molar-refractivity contribution in [2.45, 2.75) is 24.9 Å². The minimum Gasteiger partial charge on any atom is -0.331 e. The summed E-state index contributed by atoms with van der Waals surface area (Å²) in [6.45, 7) is 1.72. The van der Waals surface area contributed by atoms with Gasteiger partial charge in [0, 0.05) is 19.1 Å². The maximum absolute atomic E-state index is 12.3. The molecule has 3 rings (SSSR count). The molecule has 0 radical (unpaired) electrons. The number of hydrogen-bond donors (Lipinski definition) is 1. The number of rotatable bonds is 0. The second-order valence-corrected chi connectivity index (χ2v) is 4.55. The summed E-state index contributed by atoms with van der Waals surface area (Å²) in [5.41, 5.74) is 0. The zero-order chi connectivity index (χ0) is 10.3. The Hall–Kier alpha value is -1.09. The van der Waals surface area contributed by atoms with Gasteiger partial charge in [0.1, 0.15) is 0 Å². The van der Waals surface area contributed by atoms with Crippen molar-refractivity contribution < 1.29 is 4.79 Å². The van der Waals surface area contributed by atoms with Gasteiger partial charge >= 0.3 is 0 Å². The number of nitrogens with one attached hydrogen (secondary N) is 1. The van der Waals surface area contributed by atoms with E-state index in [1.807, 2.05) is 4.90 Å². The Kier molecular flexibility index (Phi) is 2.13. The van der Waals surface area contributed by atoms with Crippen molar-refractivity contribution in [1.82, 2.24) is 10.2 Å². The third-order valence-electron chi connectivity index (χ3n) is 3.68. The maximum Gasteiger partial charge on any atom is 0.228 e. The summed E-state index contributed by atoms with van der Waals surface area (Å²) in [5, 5.41) is 3.52. The summed E-state index contributed by atoms with van der Waals surface area (Å²) in [4.78, 5) is 14.3. The molecule has 0 saturated carbocycles. The molecule has 0 spiro atoms. The van der Waals surface area contributed by atoms with Gasteiger partial charge in [-0.1, -0.05) is 24.3 Å². The molecule has 15 heavy (non-hydrogen) atoms. The molecular weight excluding hydrogens is 188 g/mol. The van der Waals surface area contributed by atoms with E-state index in [-0.39, 0.29) is 5.92 Å². The van der Waals surface area contributed by atoms with Crippen LogP contribution in [0.3, 0.4) is 0 Å². The Bertz CT molecular complexity index is 335. The van der Waals surface area contributed by atoms with Gasteiger partial charge in [0.2, 0.25) is 5.91 Å². The van der Waals surface area contributed by atoms with Gasteiger partial charge in [-0.25, -0.2) is 0 Å². The maximum atomic E-state index is 12.3. The van der Waals surface area contributed by atoms with Gasteiger partial charge in [-0.2, -0.15) is 0 Å². The number of nitrogens with zero attached hydrogens (tertiary/aromatic N) is 1. The molecule has 0 aromatic carbocycles. The molecule has 3 atom stereocenters. The average molecular weight is 204 g/mol. The Morgan fingerprint density at radius 2 is 2.13 bits per heavy atom. The van der Waals surface area contributed by atoms with Crippen LogP contribution < -0.4 is 5.32 Å². The van der Waals surface area contributed by atoms with Crippen molar-refractivity contribution in [3.63, 3.8) is 0 Å². The fourth-order valence-corrected chi connectivity index (χ4v) is 2.80. The van der Waals surface area contributed by atoms with Crippen molar-refractivity contribution in [2.24, 2.45) is 5.92 Å². The number of amides is 1. The van der Waals surface area contributed by atoms with E-state index in [2.05, 4.69) is 29.6 Å². The Labute approximate surface area is 89.8 Å². The standard InChI is InChI=1S/C12H16N2O/c15-12-10-5-1-2-6-11(10)13-8-9-4-3-7-14(9)12/h1-4,9-11,13H,5-8H2. The lowest BCUT2D eigenvalue weighted by Crippen LogP contribution is -2.41. The van der Waals surface area contributed by atoms with E-state index in [0.29, 0.717) is 18.0 Å². The third kappa shape index (κ3) is 1.42. The van der Waals surface area contributed by atoms with E-state index in [1.54, 1.807) is 0 Å². The van der Waals surface area contributed by atoms with Crippen LogP contribution in [0.1, 0.15) is 12.8 Å². The molecular formula is C12H16N2O. The zero-order valence-electron chi connectivity index (χ0n) is 8.73. The molecule has 80 valence electrons. The first-order valence-corrected chi connectivity index (χ1v) is 5.72. The average Bonchev–Trinajstić information content (AvgIpc) is 2.69. The first-order chi connectivity index (χ1) is 7.36. The van der Waals surface area contributed by atoms with Crippen LogP contribution >= 0.6 is 0 Å². The van der Waals surface area contributed by atoms with Crippen LogP contribution in [-0.4, -0.2) is 36.0 Å². The van der Waals surface area contributed by atoms with Gasteiger partial charge in [0.05, 0.1) is 12.0 Å². The van der Waals surface area contributed by atoms with Gasteiger partial charge in [-0.05, 0) is 12.8 Å². The molecule has 1 fully saturated rings. The van der Waals surface area contributed by atoms with Crippen molar-refractivity contribution in [1.29, 1.82) is 0 Å². The van der Waals surface area contributed by atoms with E-state index in [0.717, 1.165) is 25.9 Å². The lowest BCUT2D eigenvalue weighted by molar-refractivity contribution is -0.135. The quantitative estimate of drug-likeness (QED) is 0.589. The van der Waals surface area contributed by atoms with Crippen LogP contribution in [0.5, 0.6) is 0 Å². The lowest BCUT2D eigenvalue weighted by Gasteiger charge is -2.28. The summed E-state index contributed by atoms with van der Waals surface area (Å²) >= 11 is 0. The number of carbonyl (C=O) groups excluding carboxylic acids is 1. The number of fused-ring (bicyclic) bond motifs is 2. The zero-order valence-corrected chi connectivity index (χ0v) is 8.73. The molecule has 3 nitrogen and oxygen atoms in total. The molecule has 3 aliphatic rings. The first-order valence-electron chi connectivity index (χ1n) is 5.72. The highest BCUT2D eigenvalue weighted by molar-refractivity contribution is 5.81. The van der Waals surface area contributed by atoms with Gasteiger partial charge < -0.3 is 10.2 Å². The summed E-state index contributed by atoms with van der Waals surface area (Å²) in [7, 11) is 0. The van der Waals surface area contributed by atoms with Crippen LogP contribution in [0.4, 0.5) is 0 Å². The van der Waals surface area contributed by atoms with E-state index < -0.39 is 0 Å². The fraction of sp³-hybridized carbons (Fsp3) is 0.583. The Morgan fingerprint density at radius 1 is 1.27 bits per heavy atom. The van der Waals surface area contributed by atoms with Crippen LogP contribution in [0.15, 0.2) is 24.3 Å². The van der Waals surface area contributed by atoms with Crippen molar-refractivity contribution in [3.05, 3.63) is 24.3 Å². The molecule has 1 saturated heterocycles. The molecule has 3 heteroatoms. The minimum absolute atomic E-state index is 0.167. The summed E-state index contributed by atoms with van der Waals surface area (Å²) < 4.78 is 0. The highest BCUT2D eigenvalue weighted by Gasteiger charge is 2.38. The van der Waals surface area contributed by atoms with Crippen molar-refractivity contribution >= 4 is 5.91 Å². The van der Waals surface area contributed by atoms with Gasteiger partial charge in [0.25, 0.3) is 0 Å². The highest BCUT2D eigenvalue weighted by Crippen LogP contribution is 2.26. The first kappa shape index (κ1) is 9.16. The molecule has 1 aliphatic carbocycles. The van der Waals surface area contributed by atoms with Crippen LogP contribution in [-0.2, 0) is 4.79 Å². The molecule has 2 aliphatic heterocycles. The summed E-state index contributed by atoms with van der Waals surface area (Å²) in [6.07, 6.45) is 10.5. The smallest absolute Gasteiger partial charge is 0.228 e. The normalized spacial score (nSPS) is 38.8. The van der Waals surface area contributed by atoms with E-state index in [9.17, 15) is 4.79 Å². The monoisotopic (exact) mass is 204 g/mol. The summed E-state index contributed by atoms with van der Waals surface area (Å²) in [6, 6.07) is 0.657. The predicted octanol–water partition coefficient (Wildman–Crippen LogP) is 0.691. The van der Waals surface area contributed by atoms with E-state index in [4.69, 9.17) is 0 Å². The molecule has 1 N–H and O–H groups in total. The summed E-state index contributed by atoms with van der Waals surface area (Å²) in [5.74, 6) is 0.504. The number of carbonyl (C=O) groups is 1. The van der Waals surface area contributed by atoms with Crippen LogP contribution in [0.2, 0.25) is 0 Å². The molecule has 2 heterocycles. The molecule has 0 aromatic heterocycles. The number of hydrogen-bond acceptors (Lipinski definition) is 2. The molecule has 0 aromatic rings. The SMILES string of the molecule is O=C1C2CC=CCC2NCC2C=CCN12. The van der Waals surface area contributed by atoms with Gasteiger partial charge in [0.15, 0.2) is 0 Å². The van der Waals surface area contributed by atoms with Crippen molar-refractivity contribution in [3.8, 4) is 0 Å². The molecule has 1 amide bonds. The van der Waals surface area contributed by atoms with Gasteiger partial charge in [-0.15, -0.1) is 0 Å². The third-order valence-corrected chi connectivity index (χ3v) is 3.68. The lowest BCUT2D eigenvalue weighted by atomic mass is 9.88. The second-order valence-electron chi connectivity index (χ2n) is 4.55. The van der Waals surface area contributed by atoms with Crippen molar-refractivity contribution in [2.75, 3.05) is 13.1 Å². The highest BCUT2D eigenvalue weighted by atomic mass is 16.2. The predicted molar refractivity (Wildman–Crippen MR) is 58.3 cm³/mol. The Morgan fingerprint density at radius 3 is 3.07 bits per heavy atom. The second kappa shape index (κ2) is 3.49. The van der Waals surface area contributed by atoms with Gasteiger partial charge in [-0.3, -0.25) is 4.79 Å². The number of allylic oxidation sites excluding steroid dienone is 1. The van der Waals surface area contributed by atoms with E-state index >= 15 is 0 Å². The Balaban J connectivity index is 1.87.